The van der Waals surface area contributed by atoms with E-state index in [-0.39, 0.29) is 5.76 Å². The van der Waals surface area contributed by atoms with Crippen LogP contribution >= 0.6 is 0 Å². The second kappa shape index (κ2) is 8.39. The Morgan fingerprint density at radius 3 is 2.44 bits per heavy atom. The Morgan fingerprint density at radius 2 is 1.81 bits per heavy atom. The number of carbonyl (C=O) groups excluding carboxylic acids is 3. The Kier molecular flexibility index (Phi) is 6.22. The van der Waals surface area contributed by atoms with Gasteiger partial charge < -0.3 is 20.0 Å². The van der Waals surface area contributed by atoms with Gasteiger partial charge in [-0.15, -0.1) is 0 Å². The fraction of sp³-hybridized carbons (Fsp3) is 0.235. The van der Waals surface area contributed by atoms with Crippen molar-refractivity contribution >= 4 is 23.4 Å². The molecule has 0 aliphatic heterocycles. The van der Waals surface area contributed by atoms with Crippen LogP contribution in [0, 0.1) is 0 Å². The smallest absolute Gasteiger partial charge is 0.418 e. The molecule has 1 heterocycles. The van der Waals surface area contributed by atoms with Crippen LogP contribution in [0.3, 0.4) is 0 Å². The molecule has 27 heavy (non-hydrogen) atoms. The molecule has 0 aliphatic carbocycles. The van der Waals surface area contributed by atoms with Gasteiger partial charge in [0.15, 0.2) is 5.76 Å². The summed E-state index contributed by atoms with van der Waals surface area (Å²) >= 11 is 0. The second-order valence-corrected chi connectivity index (χ2v) is 5.50. The number of likely N-dealkylation sites (N-methyl/N-ethyl adjacent to an activating group) is 1. The van der Waals surface area contributed by atoms with Gasteiger partial charge >= 0.3 is 6.18 Å². The summed E-state index contributed by atoms with van der Waals surface area (Å²) in [7, 11) is 1.29. The third kappa shape index (κ3) is 5.59. The summed E-state index contributed by atoms with van der Waals surface area (Å²) in [6, 6.07) is 7.43. The highest BCUT2D eigenvalue weighted by atomic mass is 19.4. The van der Waals surface area contributed by atoms with Crippen LogP contribution in [-0.2, 0) is 15.8 Å². The Labute approximate surface area is 152 Å². The molecule has 2 N–H and O–H groups in total. The summed E-state index contributed by atoms with van der Waals surface area (Å²) in [6.07, 6.45) is -3.33. The van der Waals surface area contributed by atoms with Gasteiger partial charge in [-0.1, -0.05) is 12.1 Å². The lowest BCUT2D eigenvalue weighted by Crippen LogP contribution is -2.41. The molecule has 7 nitrogen and oxygen atoms in total. The number of furan rings is 1. The van der Waals surface area contributed by atoms with Gasteiger partial charge in [0.25, 0.3) is 5.91 Å². The Balaban J connectivity index is 1.88. The zero-order valence-corrected chi connectivity index (χ0v) is 14.2. The highest BCUT2D eigenvalue weighted by Gasteiger charge is 2.33. The van der Waals surface area contributed by atoms with Gasteiger partial charge in [-0.2, -0.15) is 13.2 Å². The lowest BCUT2D eigenvalue weighted by atomic mass is 10.1. The zero-order chi connectivity index (χ0) is 20.0. The second-order valence-electron chi connectivity index (χ2n) is 5.50. The first kappa shape index (κ1) is 20.0. The topological polar surface area (TPSA) is 91.7 Å². The maximum Gasteiger partial charge on any atom is 0.418 e. The molecular weight excluding hydrogens is 367 g/mol. The standard InChI is InChI=1S/C17H16F3N3O4/c1-23(15(25)9-21-16(26)13-7-4-8-27-13)10-14(24)22-12-6-3-2-5-11(12)17(18,19)20/h2-8H,9-10H2,1H3,(H,21,26)(H,22,24). The van der Waals surface area contributed by atoms with E-state index in [2.05, 4.69) is 10.6 Å². The fourth-order valence-electron chi connectivity index (χ4n) is 2.12. The number of rotatable bonds is 6. The molecule has 0 spiro atoms. The van der Waals surface area contributed by atoms with Crippen LogP contribution in [0.1, 0.15) is 16.1 Å². The van der Waals surface area contributed by atoms with Gasteiger partial charge in [0.05, 0.1) is 30.6 Å². The summed E-state index contributed by atoms with van der Waals surface area (Å²) < 4.78 is 43.6. The molecule has 2 aromatic rings. The molecule has 0 fully saturated rings. The summed E-state index contributed by atoms with van der Waals surface area (Å²) in [6.45, 7) is -0.885. The fourth-order valence-corrected chi connectivity index (χ4v) is 2.12. The zero-order valence-electron chi connectivity index (χ0n) is 14.2. The molecule has 0 bridgehead atoms. The van der Waals surface area contributed by atoms with Gasteiger partial charge in [-0.3, -0.25) is 14.4 Å². The van der Waals surface area contributed by atoms with Crippen molar-refractivity contribution in [3.63, 3.8) is 0 Å². The average molecular weight is 383 g/mol. The van der Waals surface area contributed by atoms with Crippen LogP contribution < -0.4 is 10.6 Å². The first-order valence-electron chi connectivity index (χ1n) is 7.70. The van der Waals surface area contributed by atoms with Crippen molar-refractivity contribution in [3.8, 4) is 0 Å². The lowest BCUT2D eigenvalue weighted by Gasteiger charge is -2.18. The Hall–Kier alpha value is -3.30. The van der Waals surface area contributed by atoms with E-state index in [1.54, 1.807) is 0 Å². The molecule has 0 atom stereocenters. The molecule has 0 radical (unpaired) electrons. The molecule has 0 unspecified atom stereocenters. The van der Waals surface area contributed by atoms with Crippen molar-refractivity contribution in [3.05, 3.63) is 54.0 Å². The summed E-state index contributed by atoms with van der Waals surface area (Å²) in [5, 5.41) is 4.45. The minimum absolute atomic E-state index is 0.0203. The molecule has 144 valence electrons. The predicted octanol–water partition coefficient (Wildman–Crippen LogP) is 2.13. The normalized spacial score (nSPS) is 11.0. The van der Waals surface area contributed by atoms with E-state index >= 15 is 0 Å². The maximum atomic E-state index is 12.9. The van der Waals surface area contributed by atoms with Gasteiger partial charge in [-0.25, -0.2) is 0 Å². The van der Waals surface area contributed by atoms with E-state index in [0.29, 0.717) is 0 Å². The van der Waals surface area contributed by atoms with Crippen molar-refractivity contribution in [2.24, 2.45) is 0 Å². The Bertz CT molecular complexity index is 819. The molecule has 10 heteroatoms. The SMILES string of the molecule is CN(CC(=O)Nc1ccccc1C(F)(F)F)C(=O)CNC(=O)c1ccco1. The monoisotopic (exact) mass is 383 g/mol. The predicted molar refractivity (Wildman–Crippen MR) is 88.8 cm³/mol. The van der Waals surface area contributed by atoms with Gasteiger partial charge in [0.2, 0.25) is 11.8 Å². The van der Waals surface area contributed by atoms with E-state index in [1.807, 2.05) is 0 Å². The number of nitrogens with zero attached hydrogens (tertiary/aromatic N) is 1. The van der Waals surface area contributed by atoms with Crippen molar-refractivity contribution in [1.29, 1.82) is 0 Å². The minimum atomic E-state index is -4.62. The van der Waals surface area contributed by atoms with Gasteiger partial charge in [-0.05, 0) is 24.3 Å². The van der Waals surface area contributed by atoms with Crippen molar-refractivity contribution in [2.45, 2.75) is 6.18 Å². The van der Waals surface area contributed by atoms with Crippen LogP contribution in [0.4, 0.5) is 18.9 Å². The summed E-state index contributed by atoms with van der Waals surface area (Å²) in [5.41, 5.74) is -1.39. The van der Waals surface area contributed by atoms with Crippen LogP contribution in [0.5, 0.6) is 0 Å². The number of nitrogens with one attached hydrogen (secondary N) is 2. The highest BCUT2D eigenvalue weighted by Crippen LogP contribution is 2.34. The number of carbonyl (C=O) groups is 3. The first-order valence-corrected chi connectivity index (χ1v) is 7.70. The molecule has 0 saturated carbocycles. The number of alkyl halides is 3. The van der Waals surface area contributed by atoms with Crippen molar-refractivity contribution in [2.75, 3.05) is 25.5 Å². The quantitative estimate of drug-likeness (QED) is 0.799. The molecule has 2 rings (SSSR count). The number of benzene rings is 1. The van der Waals surface area contributed by atoms with E-state index in [1.165, 1.54) is 37.6 Å². The molecule has 1 aromatic heterocycles. The minimum Gasteiger partial charge on any atom is -0.459 e. The largest absolute Gasteiger partial charge is 0.459 e. The third-order valence-electron chi connectivity index (χ3n) is 3.46. The maximum absolute atomic E-state index is 12.9. The molecular formula is C17H16F3N3O4. The van der Waals surface area contributed by atoms with E-state index in [0.717, 1.165) is 17.0 Å². The highest BCUT2D eigenvalue weighted by molar-refractivity contribution is 5.97. The number of anilines is 1. The van der Waals surface area contributed by atoms with Crippen LogP contribution in [-0.4, -0.2) is 42.8 Å². The van der Waals surface area contributed by atoms with Crippen LogP contribution in [0.2, 0.25) is 0 Å². The van der Waals surface area contributed by atoms with Crippen LogP contribution in [0.25, 0.3) is 0 Å². The number of para-hydroxylation sites is 1. The van der Waals surface area contributed by atoms with Crippen LogP contribution in [0.15, 0.2) is 47.1 Å². The van der Waals surface area contributed by atoms with Crippen molar-refractivity contribution in [1.82, 2.24) is 10.2 Å². The number of amides is 3. The molecule has 0 saturated heterocycles. The number of hydrogen-bond acceptors (Lipinski definition) is 4. The van der Waals surface area contributed by atoms with E-state index < -0.39 is 48.2 Å². The van der Waals surface area contributed by atoms with Crippen molar-refractivity contribution < 1.29 is 32.0 Å². The number of halogens is 3. The molecule has 3 amide bonds. The van der Waals surface area contributed by atoms with E-state index in [9.17, 15) is 27.6 Å². The molecule has 1 aromatic carbocycles. The summed E-state index contributed by atoms with van der Waals surface area (Å²) in [4.78, 5) is 36.6. The Morgan fingerprint density at radius 1 is 1.11 bits per heavy atom. The lowest BCUT2D eigenvalue weighted by molar-refractivity contribution is -0.137. The summed E-state index contributed by atoms with van der Waals surface area (Å²) in [5.74, 6) is -1.99. The van der Waals surface area contributed by atoms with Gasteiger partial charge in [0, 0.05) is 7.05 Å². The number of hydrogen-bond donors (Lipinski definition) is 2. The molecule has 0 aliphatic rings. The van der Waals surface area contributed by atoms with Gasteiger partial charge in [0.1, 0.15) is 0 Å². The first-order chi connectivity index (χ1) is 12.7. The van der Waals surface area contributed by atoms with E-state index in [4.69, 9.17) is 4.42 Å². The average Bonchev–Trinajstić information content (AvgIpc) is 3.13. The third-order valence-corrected chi connectivity index (χ3v) is 3.46.